The maximum atomic E-state index is 12.7. The van der Waals surface area contributed by atoms with Crippen molar-refractivity contribution in [3.63, 3.8) is 0 Å². The standard InChI is InChI=1S/C15H13ClN2O4/c16-11-4-3-10(13-9(11)2-1-5-17-13)14(19)18-6-7-22-12(8-18)15(20)21/h1-5,12H,6-8H2,(H,20,21)/t12-/m1/s1. The second-order valence-corrected chi connectivity index (χ2v) is 5.35. The first kappa shape index (κ1) is 14.7. The summed E-state index contributed by atoms with van der Waals surface area (Å²) in [5.74, 6) is -1.34. The van der Waals surface area contributed by atoms with E-state index in [0.29, 0.717) is 28.0 Å². The minimum atomic E-state index is -1.07. The number of rotatable bonds is 2. The average molecular weight is 321 g/mol. The second-order valence-electron chi connectivity index (χ2n) is 4.94. The number of aromatic nitrogens is 1. The molecule has 114 valence electrons. The van der Waals surface area contributed by atoms with Gasteiger partial charge in [0.15, 0.2) is 6.10 Å². The van der Waals surface area contributed by atoms with Gasteiger partial charge in [0.25, 0.3) is 5.91 Å². The molecule has 1 amide bonds. The van der Waals surface area contributed by atoms with Gasteiger partial charge in [-0.2, -0.15) is 0 Å². The number of benzene rings is 1. The Bertz CT molecular complexity index is 749. The van der Waals surface area contributed by atoms with E-state index in [9.17, 15) is 9.59 Å². The summed E-state index contributed by atoms with van der Waals surface area (Å²) in [5, 5.41) is 10.2. The number of carboxylic acid groups (broad SMARTS) is 1. The van der Waals surface area contributed by atoms with Gasteiger partial charge in [0, 0.05) is 18.1 Å². The van der Waals surface area contributed by atoms with Crippen LogP contribution in [0, 0.1) is 0 Å². The Hall–Kier alpha value is -2.18. The zero-order valence-electron chi connectivity index (χ0n) is 11.5. The maximum Gasteiger partial charge on any atom is 0.334 e. The molecular formula is C15H13ClN2O4. The van der Waals surface area contributed by atoms with Gasteiger partial charge in [0.05, 0.1) is 29.3 Å². The molecule has 0 spiro atoms. The Labute approximate surface area is 131 Å². The number of nitrogens with zero attached hydrogens (tertiary/aromatic N) is 2. The summed E-state index contributed by atoms with van der Waals surface area (Å²) in [5.41, 5.74) is 0.921. The maximum absolute atomic E-state index is 12.7. The lowest BCUT2D eigenvalue weighted by molar-refractivity contribution is -0.154. The lowest BCUT2D eigenvalue weighted by atomic mass is 10.1. The molecule has 0 unspecified atom stereocenters. The van der Waals surface area contributed by atoms with E-state index in [0.717, 1.165) is 0 Å². The number of carbonyl (C=O) groups excluding carboxylic acids is 1. The van der Waals surface area contributed by atoms with Crippen LogP contribution < -0.4 is 0 Å². The summed E-state index contributed by atoms with van der Waals surface area (Å²) in [7, 11) is 0. The largest absolute Gasteiger partial charge is 0.479 e. The third-order valence-electron chi connectivity index (χ3n) is 3.58. The summed E-state index contributed by atoms with van der Waals surface area (Å²) < 4.78 is 5.13. The second kappa shape index (κ2) is 5.90. The van der Waals surface area contributed by atoms with Gasteiger partial charge in [0.2, 0.25) is 0 Å². The number of hydrogen-bond donors (Lipinski definition) is 1. The molecule has 1 aliphatic rings. The van der Waals surface area contributed by atoms with Crippen LogP contribution in [0.25, 0.3) is 10.9 Å². The van der Waals surface area contributed by atoms with Gasteiger partial charge in [-0.1, -0.05) is 11.6 Å². The summed E-state index contributed by atoms with van der Waals surface area (Å²) in [6.45, 7) is 0.562. The first-order valence-corrected chi connectivity index (χ1v) is 7.12. The van der Waals surface area contributed by atoms with E-state index in [2.05, 4.69) is 4.98 Å². The van der Waals surface area contributed by atoms with E-state index < -0.39 is 12.1 Å². The normalized spacial score (nSPS) is 18.4. The Balaban J connectivity index is 1.96. The number of morpholine rings is 1. The third kappa shape index (κ3) is 2.63. The molecule has 1 N–H and O–H groups in total. The molecule has 1 atom stereocenters. The van der Waals surface area contributed by atoms with Crippen molar-refractivity contribution in [2.24, 2.45) is 0 Å². The minimum absolute atomic E-state index is 0.0190. The lowest BCUT2D eigenvalue weighted by Crippen LogP contribution is -2.48. The molecule has 2 heterocycles. The highest BCUT2D eigenvalue weighted by Crippen LogP contribution is 2.26. The van der Waals surface area contributed by atoms with Crippen molar-refractivity contribution in [2.75, 3.05) is 19.7 Å². The highest BCUT2D eigenvalue weighted by molar-refractivity contribution is 6.36. The Kier molecular flexibility index (Phi) is 3.96. The minimum Gasteiger partial charge on any atom is -0.479 e. The van der Waals surface area contributed by atoms with Crippen LogP contribution in [0.4, 0.5) is 0 Å². The molecule has 3 rings (SSSR count). The van der Waals surface area contributed by atoms with Crippen LogP contribution in [0.5, 0.6) is 0 Å². The molecule has 22 heavy (non-hydrogen) atoms. The van der Waals surface area contributed by atoms with Gasteiger partial charge in [-0.3, -0.25) is 9.78 Å². The Morgan fingerprint density at radius 2 is 2.18 bits per heavy atom. The average Bonchev–Trinajstić information content (AvgIpc) is 2.55. The van der Waals surface area contributed by atoms with Crippen LogP contribution in [-0.4, -0.2) is 52.7 Å². The van der Waals surface area contributed by atoms with Crippen molar-refractivity contribution >= 4 is 34.4 Å². The zero-order chi connectivity index (χ0) is 15.7. The first-order chi connectivity index (χ1) is 10.6. The predicted molar refractivity (Wildman–Crippen MR) is 80.0 cm³/mol. The molecule has 1 saturated heterocycles. The van der Waals surface area contributed by atoms with E-state index in [-0.39, 0.29) is 19.1 Å². The summed E-state index contributed by atoms with van der Waals surface area (Å²) in [6.07, 6.45) is 0.596. The molecule has 0 aliphatic carbocycles. The lowest BCUT2D eigenvalue weighted by Gasteiger charge is -2.31. The summed E-state index contributed by atoms with van der Waals surface area (Å²) in [4.78, 5) is 29.4. The molecule has 0 saturated carbocycles. The fourth-order valence-corrected chi connectivity index (χ4v) is 2.68. The van der Waals surface area contributed by atoms with Gasteiger partial charge < -0.3 is 14.7 Å². The third-order valence-corrected chi connectivity index (χ3v) is 3.91. The van der Waals surface area contributed by atoms with Gasteiger partial charge in [-0.05, 0) is 24.3 Å². The number of pyridine rings is 1. The molecule has 2 aromatic rings. The van der Waals surface area contributed by atoms with Gasteiger partial charge in [-0.15, -0.1) is 0 Å². The Morgan fingerprint density at radius 3 is 2.95 bits per heavy atom. The van der Waals surface area contributed by atoms with Crippen LogP contribution in [0.1, 0.15) is 10.4 Å². The topological polar surface area (TPSA) is 79.7 Å². The van der Waals surface area contributed by atoms with Crippen molar-refractivity contribution in [3.8, 4) is 0 Å². The first-order valence-electron chi connectivity index (χ1n) is 6.75. The monoisotopic (exact) mass is 320 g/mol. The van der Waals surface area contributed by atoms with Gasteiger partial charge >= 0.3 is 5.97 Å². The molecule has 1 fully saturated rings. The van der Waals surface area contributed by atoms with Crippen LogP contribution in [-0.2, 0) is 9.53 Å². The quantitative estimate of drug-likeness (QED) is 0.913. The van der Waals surface area contributed by atoms with Crippen molar-refractivity contribution < 1.29 is 19.4 Å². The van der Waals surface area contributed by atoms with Crippen LogP contribution >= 0.6 is 11.6 Å². The molecule has 0 bridgehead atoms. The van der Waals surface area contributed by atoms with Crippen molar-refractivity contribution in [1.29, 1.82) is 0 Å². The van der Waals surface area contributed by atoms with Crippen molar-refractivity contribution in [2.45, 2.75) is 6.10 Å². The molecule has 7 heteroatoms. The number of ether oxygens (including phenoxy) is 1. The number of fused-ring (bicyclic) bond motifs is 1. The van der Waals surface area contributed by atoms with Gasteiger partial charge in [0.1, 0.15) is 0 Å². The highest BCUT2D eigenvalue weighted by atomic mass is 35.5. The molecule has 1 aliphatic heterocycles. The molecule has 0 radical (unpaired) electrons. The molecule has 1 aromatic heterocycles. The number of hydrogen-bond acceptors (Lipinski definition) is 4. The van der Waals surface area contributed by atoms with E-state index in [1.54, 1.807) is 30.5 Å². The fourth-order valence-electron chi connectivity index (χ4n) is 2.46. The fraction of sp³-hybridized carbons (Fsp3) is 0.267. The van der Waals surface area contributed by atoms with E-state index in [1.807, 2.05) is 0 Å². The predicted octanol–water partition coefficient (Wildman–Crippen LogP) is 1.81. The van der Waals surface area contributed by atoms with Crippen LogP contribution in [0.15, 0.2) is 30.5 Å². The SMILES string of the molecule is O=C(O)[C@H]1CN(C(=O)c2ccc(Cl)c3cccnc23)CCO1. The number of amides is 1. The zero-order valence-corrected chi connectivity index (χ0v) is 12.3. The van der Waals surface area contributed by atoms with Crippen LogP contribution in [0.2, 0.25) is 5.02 Å². The number of carbonyl (C=O) groups is 2. The van der Waals surface area contributed by atoms with E-state index in [1.165, 1.54) is 4.90 Å². The van der Waals surface area contributed by atoms with E-state index >= 15 is 0 Å². The summed E-state index contributed by atoms with van der Waals surface area (Å²) in [6, 6.07) is 6.80. The van der Waals surface area contributed by atoms with E-state index in [4.69, 9.17) is 21.4 Å². The van der Waals surface area contributed by atoms with Crippen LogP contribution in [0.3, 0.4) is 0 Å². The highest BCUT2D eigenvalue weighted by Gasteiger charge is 2.30. The summed E-state index contributed by atoms with van der Waals surface area (Å²) >= 11 is 6.12. The number of halogens is 1. The van der Waals surface area contributed by atoms with Gasteiger partial charge in [-0.25, -0.2) is 4.79 Å². The number of aliphatic carboxylic acids is 1. The van der Waals surface area contributed by atoms with Crippen molar-refractivity contribution in [3.05, 3.63) is 41.0 Å². The molecule has 6 nitrogen and oxygen atoms in total. The van der Waals surface area contributed by atoms with Crippen molar-refractivity contribution in [1.82, 2.24) is 9.88 Å². The number of carboxylic acids is 1. The molecular weight excluding hydrogens is 308 g/mol. The smallest absolute Gasteiger partial charge is 0.334 e. The molecule has 1 aromatic carbocycles. The Morgan fingerprint density at radius 1 is 1.36 bits per heavy atom.